The van der Waals surface area contributed by atoms with Gasteiger partial charge in [-0.05, 0) is 40.6 Å². The molecule has 0 fully saturated rings. The lowest BCUT2D eigenvalue weighted by Gasteiger charge is -2.07. The number of hydrazone groups is 1. The minimum absolute atomic E-state index is 0.0832. The first-order chi connectivity index (χ1) is 17.2. The van der Waals surface area contributed by atoms with Crippen molar-refractivity contribution in [2.45, 2.75) is 6.61 Å². The number of fused-ring (bicyclic) bond motifs is 1. The van der Waals surface area contributed by atoms with E-state index in [1.807, 2.05) is 84.9 Å². The summed E-state index contributed by atoms with van der Waals surface area (Å²) in [5.74, 6) is 0.343. The smallest absolute Gasteiger partial charge is 0.289 e. The molecule has 1 amide bonds. The second kappa shape index (κ2) is 9.93. The number of phenols is 1. The highest BCUT2D eigenvalue weighted by Crippen LogP contribution is 2.26. The number of benzene rings is 4. The predicted molar refractivity (Wildman–Crippen MR) is 135 cm³/mol. The van der Waals surface area contributed by atoms with Crippen molar-refractivity contribution in [3.8, 4) is 22.8 Å². The van der Waals surface area contributed by atoms with Gasteiger partial charge >= 0.3 is 0 Å². The van der Waals surface area contributed by atoms with E-state index in [1.165, 1.54) is 6.21 Å². The lowest BCUT2D eigenvalue weighted by molar-refractivity contribution is 0.0950. The van der Waals surface area contributed by atoms with Crippen LogP contribution in [0.4, 0.5) is 0 Å². The molecule has 0 atom stereocenters. The Balaban J connectivity index is 1.26. The van der Waals surface area contributed by atoms with E-state index in [0.717, 1.165) is 21.9 Å². The molecule has 0 radical (unpaired) electrons. The highest BCUT2D eigenvalue weighted by Gasteiger charge is 2.12. The quantitative estimate of drug-likeness (QED) is 0.226. The minimum atomic E-state index is -0.448. The van der Waals surface area contributed by atoms with E-state index in [0.29, 0.717) is 23.6 Å². The minimum Gasteiger partial charge on any atom is -0.507 e. The van der Waals surface area contributed by atoms with Crippen molar-refractivity contribution >= 4 is 22.9 Å². The summed E-state index contributed by atoms with van der Waals surface area (Å²) in [7, 11) is 0. The molecule has 1 aromatic heterocycles. The summed E-state index contributed by atoms with van der Waals surface area (Å²) in [5, 5.41) is 23.0. The van der Waals surface area contributed by atoms with Gasteiger partial charge in [0, 0.05) is 11.1 Å². The number of aromatic amines is 1. The number of rotatable bonds is 7. The van der Waals surface area contributed by atoms with Crippen molar-refractivity contribution in [2.24, 2.45) is 5.10 Å². The van der Waals surface area contributed by atoms with Gasteiger partial charge in [-0.1, -0.05) is 72.8 Å². The Bertz CT molecular complexity index is 1510. The first-order valence-electron chi connectivity index (χ1n) is 11.0. The van der Waals surface area contributed by atoms with Crippen LogP contribution in [-0.4, -0.2) is 27.4 Å². The fraction of sp³-hybridized carbons (Fsp3) is 0.0357. The van der Waals surface area contributed by atoms with Crippen molar-refractivity contribution in [1.29, 1.82) is 0 Å². The zero-order chi connectivity index (χ0) is 24.0. The maximum atomic E-state index is 12.6. The molecule has 7 nitrogen and oxygen atoms in total. The van der Waals surface area contributed by atoms with Gasteiger partial charge in [0.05, 0.1) is 11.9 Å². The topological polar surface area (TPSA) is 99.6 Å². The van der Waals surface area contributed by atoms with Crippen LogP contribution in [0.25, 0.3) is 22.0 Å². The number of aromatic hydroxyl groups is 1. The Kier molecular flexibility index (Phi) is 6.21. The molecule has 4 aromatic carbocycles. The van der Waals surface area contributed by atoms with E-state index in [9.17, 15) is 9.90 Å². The fourth-order valence-electron chi connectivity index (χ4n) is 3.71. The molecule has 0 saturated heterocycles. The van der Waals surface area contributed by atoms with Gasteiger partial charge < -0.3 is 9.84 Å². The molecule has 0 aliphatic heterocycles. The summed E-state index contributed by atoms with van der Waals surface area (Å²) in [6, 6.07) is 30.2. The Morgan fingerprint density at radius 2 is 1.80 bits per heavy atom. The van der Waals surface area contributed by atoms with Crippen molar-refractivity contribution in [3.63, 3.8) is 0 Å². The van der Waals surface area contributed by atoms with Gasteiger partial charge in [-0.15, -0.1) is 0 Å². The first-order valence-corrected chi connectivity index (χ1v) is 11.0. The van der Waals surface area contributed by atoms with E-state index < -0.39 is 5.91 Å². The molecule has 5 rings (SSSR count). The van der Waals surface area contributed by atoms with Gasteiger partial charge in [-0.3, -0.25) is 9.89 Å². The van der Waals surface area contributed by atoms with Crippen molar-refractivity contribution < 1.29 is 14.6 Å². The van der Waals surface area contributed by atoms with Crippen LogP contribution >= 0.6 is 0 Å². The van der Waals surface area contributed by atoms with E-state index in [-0.39, 0.29) is 11.4 Å². The Morgan fingerprint density at radius 3 is 2.69 bits per heavy atom. The van der Waals surface area contributed by atoms with Gasteiger partial charge in [0.15, 0.2) is 0 Å². The number of aromatic nitrogens is 2. The summed E-state index contributed by atoms with van der Waals surface area (Å²) in [4.78, 5) is 12.6. The number of phenolic OH excluding ortho intramolecular Hbond substituents is 1. The van der Waals surface area contributed by atoms with Crippen LogP contribution in [0.15, 0.2) is 102 Å². The van der Waals surface area contributed by atoms with Crippen LogP contribution in [0.2, 0.25) is 0 Å². The third-order valence-electron chi connectivity index (χ3n) is 5.51. The Hall–Kier alpha value is -4.91. The number of nitrogens with one attached hydrogen (secondary N) is 2. The Labute approximate surface area is 201 Å². The molecular formula is C28H22N4O3. The average molecular weight is 463 g/mol. The molecule has 0 spiro atoms. The SMILES string of the molecule is O=C(NN=Cc1c(O)ccc2ccccc12)c1cc(-c2cccc(OCc3ccccc3)c2)n[nH]1. The summed E-state index contributed by atoms with van der Waals surface area (Å²) >= 11 is 0. The fourth-order valence-corrected chi connectivity index (χ4v) is 3.71. The molecule has 0 aliphatic carbocycles. The maximum absolute atomic E-state index is 12.6. The van der Waals surface area contributed by atoms with E-state index in [4.69, 9.17) is 4.74 Å². The van der Waals surface area contributed by atoms with E-state index in [1.54, 1.807) is 12.1 Å². The third kappa shape index (κ3) is 5.04. The highest BCUT2D eigenvalue weighted by molar-refractivity contribution is 6.03. The van der Waals surface area contributed by atoms with Crippen LogP contribution in [0.1, 0.15) is 21.6 Å². The normalized spacial score (nSPS) is 11.1. The molecule has 7 heteroatoms. The summed E-state index contributed by atoms with van der Waals surface area (Å²) in [6.07, 6.45) is 1.43. The van der Waals surface area contributed by atoms with Crippen LogP contribution in [-0.2, 0) is 6.61 Å². The molecular weight excluding hydrogens is 440 g/mol. The standard InChI is InChI=1S/C28H22N4O3/c33-27-14-13-20-9-4-5-12-23(20)24(27)17-29-32-28(34)26-16-25(30-31-26)21-10-6-11-22(15-21)35-18-19-7-2-1-3-8-19/h1-17,33H,18H2,(H,30,31)(H,32,34). The molecule has 3 N–H and O–H groups in total. The van der Waals surface area contributed by atoms with Crippen LogP contribution in [0.5, 0.6) is 11.5 Å². The lowest BCUT2D eigenvalue weighted by Crippen LogP contribution is -2.18. The number of amides is 1. The second-order valence-electron chi connectivity index (χ2n) is 7.89. The zero-order valence-electron chi connectivity index (χ0n) is 18.7. The summed E-state index contributed by atoms with van der Waals surface area (Å²) in [5.41, 5.74) is 5.77. The monoisotopic (exact) mass is 462 g/mol. The Morgan fingerprint density at radius 1 is 0.971 bits per heavy atom. The number of ether oxygens (including phenoxy) is 1. The first kappa shape index (κ1) is 21.9. The van der Waals surface area contributed by atoms with Gasteiger partial charge in [-0.25, -0.2) is 5.43 Å². The van der Waals surface area contributed by atoms with Gasteiger partial charge in [0.2, 0.25) is 0 Å². The van der Waals surface area contributed by atoms with Gasteiger partial charge in [-0.2, -0.15) is 10.2 Å². The molecule has 0 saturated carbocycles. The number of carbonyl (C=O) groups is 1. The molecule has 0 unspecified atom stereocenters. The van der Waals surface area contributed by atoms with Crippen molar-refractivity contribution in [3.05, 3.63) is 114 Å². The molecule has 172 valence electrons. The highest BCUT2D eigenvalue weighted by atomic mass is 16.5. The van der Waals surface area contributed by atoms with Crippen LogP contribution in [0, 0.1) is 0 Å². The molecule has 0 aliphatic rings. The zero-order valence-corrected chi connectivity index (χ0v) is 18.7. The van der Waals surface area contributed by atoms with Gasteiger partial charge in [0.25, 0.3) is 5.91 Å². The van der Waals surface area contributed by atoms with E-state index in [2.05, 4.69) is 20.7 Å². The van der Waals surface area contributed by atoms with Crippen LogP contribution in [0.3, 0.4) is 0 Å². The summed E-state index contributed by atoms with van der Waals surface area (Å²) in [6.45, 7) is 0.461. The molecule has 5 aromatic rings. The molecule has 1 heterocycles. The number of carbonyl (C=O) groups excluding carboxylic acids is 1. The number of H-pyrrole nitrogens is 1. The van der Waals surface area contributed by atoms with E-state index >= 15 is 0 Å². The van der Waals surface area contributed by atoms with Gasteiger partial charge in [0.1, 0.15) is 23.8 Å². The second-order valence-corrected chi connectivity index (χ2v) is 7.89. The molecule has 35 heavy (non-hydrogen) atoms. The number of hydrogen-bond donors (Lipinski definition) is 3. The largest absolute Gasteiger partial charge is 0.507 e. The van der Waals surface area contributed by atoms with Crippen molar-refractivity contribution in [2.75, 3.05) is 0 Å². The number of nitrogens with zero attached hydrogens (tertiary/aromatic N) is 2. The third-order valence-corrected chi connectivity index (χ3v) is 5.51. The lowest BCUT2D eigenvalue weighted by atomic mass is 10.0. The van der Waals surface area contributed by atoms with Crippen LogP contribution < -0.4 is 10.2 Å². The number of hydrogen-bond acceptors (Lipinski definition) is 5. The van der Waals surface area contributed by atoms with Crippen molar-refractivity contribution in [1.82, 2.24) is 15.6 Å². The summed E-state index contributed by atoms with van der Waals surface area (Å²) < 4.78 is 5.89. The predicted octanol–water partition coefficient (Wildman–Crippen LogP) is 5.28. The maximum Gasteiger partial charge on any atom is 0.289 e. The average Bonchev–Trinajstić information content (AvgIpc) is 3.40. The molecule has 0 bridgehead atoms.